The lowest BCUT2D eigenvalue weighted by molar-refractivity contribution is -0.140. The molecule has 1 N–H and O–H groups in total. The minimum absolute atomic E-state index is 0.0517. The number of ether oxygens (including phenoxy) is 3. The van der Waals surface area contributed by atoms with Gasteiger partial charge in [0.25, 0.3) is 11.7 Å². The summed E-state index contributed by atoms with van der Waals surface area (Å²) in [6.45, 7) is 0.776. The van der Waals surface area contributed by atoms with E-state index in [-0.39, 0.29) is 11.3 Å². The third kappa shape index (κ3) is 4.16. The number of aliphatic hydroxyl groups is 1. The summed E-state index contributed by atoms with van der Waals surface area (Å²) in [5, 5.41) is 11.0. The molecule has 1 amide bonds. The lowest BCUT2D eigenvalue weighted by atomic mass is 9.95. The zero-order valence-corrected chi connectivity index (χ0v) is 17.3. The smallest absolute Gasteiger partial charge is 0.295 e. The summed E-state index contributed by atoms with van der Waals surface area (Å²) in [7, 11) is 4.66. The van der Waals surface area contributed by atoms with Crippen LogP contribution in [-0.2, 0) is 14.3 Å². The molecule has 0 aromatic heterocycles. The number of amides is 1. The Hall–Kier alpha value is -3.32. The minimum atomic E-state index is -0.714. The number of likely N-dealkylation sites (tertiary alicyclic amines) is 1. The van der Waals surface area contributed by atoms with E-state index in [1.807, 2.05) is 0 Å². The Morgan fingerprint density at radius 2 is 1.70 bits per heavy atom. The highest BCUT2D eigenvalue weighted by Gasteiger charge is 2.45. The monoisotopic (exact) mass is 411 g/mol. The fourth-order valence-electron chi connectivity index (χ4n) is 3.55. The molecule has 7 nitrogen and oxygen atoms in total. The highest BCUT2D eigenvalue weighted by atomic mass is 16.5. The maximum Gasteiger partial charge on any atom is 0.295 e. The van der Waals surface area contributed by atoms with Crippen LogP contribution in [0.4, 0.5) is 0 Å². The summed E-state index contributed by atoms with van der Waals surface area (Å²) >= 11 is 0. The fourth-order valence-corrected chi connectivity index (χ4v) is 3.55. The summed E-state index contributed by atoms with van der Waals surface area (Å²) in [5.41, 5.74) is 1.16. The Morgan fingerprint density at radius 1 is 1.00 bits per heavy atom. The van der Waals surface area contributed by atoms with Gasteiger partial charge in [-0.2, -0.15) is 0 Å². The largest absolute Gasteiger partial charge is 0.507 e. The van der Waals surface area contributed by atoms with Crippen molar-refractivity contribution in [2.75, 3.05) is 34.5 Å². The second-order valence-electron chi connectivity index (χ2n) is 6.84. The van der Waals surface area contributed by atoms with Crippen molar-refractivity contribution >= 4 is 17.4 Å². The lowest BCUT2D eigenvalue weighted by Crippen LogP contribution is -2.31. The number of carbonyl (C=O) groups excluding carboxylic acids is 2. The molecule has 0 radical (unpaired) electrons. The first-order valence-electron chi connectivity index (χ1n) is 9.57. The molecule has 1 heterocycles. The molecule has 1 saturated heterocycles. The van der Waals surface area contributed by atoms with Crippen LogP contribution in [-0.4, -0.2) is 56.2 Å². The van der Waals surface area contributed by atoms with Gasteiger partial charge in [-0.1, -0.05) is 24.3 Å². The number of nitrogens with zero attached hydrogens (tertiary/aromatic N) is 1. The first-order valence-corrected chi connectivity index (χ1v) is 9.57. The number of carbonyl (C=O) groups is 2. The summed E-state index contributed by atoms with van der Waals surface area (Å²) in [4.78, 5) is 27.2. The van der Waals surface area contributed by atoms with E-state index in [2.05, 4.69) is 0 Å². The first-order chi connectivity index (χ1) is 14.5. The van der Waals surface area contributed by atoms with Gasteiger partial charge in [-0.25, -0.2) is 0 Å². The van der Waals surface area contributed by atoms with E-state index in [0.29, 0.717) is 42.2 Å². The molecule has 1 unspecified atom stereocenters. The number of methoxy groups -OCH3 is 3. The van der Waals surface area contributed by atoms with Crippen molar-refractivity contribution in [2.24, 2.45) is 0 Å². The number of hydrogen-bond donors (Lipinski definition) is 1. The van der Waals surface area contributed by atoms with E-state index in [9.17, 15) is 14.7 Å². The van der Waals surface area contributed by atoms with Crippen LogP contribution in [0.25, 0.3) is 5.76 Å². The molecule has 0 bridgehead atoms. The number of Topliss-reactive ketones (excluding diaryl/α,β-unsaturated/α-hetero) is 1. The molecule has 1 atom stereocenters. The normalized spacial score (nSPS) is 18.0. The van der Waals surface area contributed by atoms with Crippen LogP contribution in [0.15, 0.2) is 54.1 Å². The molecule has 1 aliphatic heterocycles. The molecule has 7 heteroatoms. The second kappa shape index (κ2) is 9.45. The van der Waals surface area contributed by atoms with E-state index in [4.69, 9.17) is 14.2 Å². The third-order valence-corrected chi connectivity index (χ3v) is 5.06. The van der Waals surface area contributed by atoms with Crippen LogP contribution in [0.2, 0.25) is 0 Å². The zero-order chi connectivity index (χ0) is 21.7. The Kier molecular flexibility index (Phi) is 6.74. The van der Waals surface area contributed by atoms with Gasteiger partial charge in [-0.05, 0) is 36.2 Å². The first kappa shape index (κ1) is 21.4. The lowest BCUT2D eigenvalue weighted by Gasteiger charge is -2.25. The predicted molar refractivity (Wildman–Crippen MR) is 111 cm³/mol. The molecular formula is C23H25NO6. The summed E-state index contributed by atoms with van der Waals surface area (Å²) in [5.74, 6) is -0.399. The van der Waals surface area contributed by atoms with Crippen molar-refractivity contribution < 1.29 is 28.9 Å². The molecule has 158 valence electrons. The van der Waals surface area contributed by atoms with Crippen molar-refractivity contribution in [3.8, 4) is 11.5 Å². The molecule has 3 rings (SSSR count). The molecule has 0 spiro atoms. The molecule has 30 heavy (non-hydrogen) atoms. The van der Waals surface area contributed by atoms with Crippen LogP contribution in [0.5, 0.6) is 11.5 Å². The average Bonchev–Trinajstić information content (AvgIpc) is 3.03. The van der Waals surface area contributed by atoms with Crippen molar-refractivity contribution in [1.82, 2.24) is 4.90 Å². The van der Waals surface area contributed by atoms with Crippen LogP contribution < -0.4 is 9.47 Å². The predicted octanol–water partition coefficient (Wildman–Crippen LogP) is 3.16. The van der Waals surface area contributed by atoms with Gasteiger partial charge in [0.2, 0.25) is 0 Å². The molecule has 2 aromatic carbocycles. The minimum Gasteiger partial charge on any atom is -0.507 e. The van der Waals surface area contributed by atoms with Gasteiger partial charge in [-0.15, -0.1) is 0 Å². The van der Waals surface area contributed by atoms with Gasteiger partial charge in [-0.3, -0.25) is 9.59 Å². The zero-order valence-electron chi connectivity index (χ0n) is 17.3. The van der Waals surface area contributed by atoms with Crippen LogP contribution in [0, 0.1) is 0 Å². The van der Waals surface area contributed by atoms with Gasteiger partial charge in [0.15, 0.2) is 0 Å². The number of benzene rings is 2. The summed E-state index contributed by atoms with van der Waals surface area (Å²) in [6.07, 6.45) is 0.565. The van der Waals surface area contributed by atoms with Gasteiger partial charge in [0, 0.05) is 25.8 Å². The van der Waals surface area contributed by atoms with Gasteiger partial charge >= 0.3 is 0 Å². The average molecular weight is 411 g/mol. The van der Waals surface area contributed by atoms with Gasteiger partial charge in [0.1, 0.15) is 17.3 Å². The Balaban J connectivity index is 2.11. The Labute approximate surface area is 175 Å². The number of aliphatic hydroxyl groups excluding tert-OH is 1. The SMILES string of the molecule is COCCCN1C(=O)C(=O)/C(=C(/O)c2cccc(OC)c2)C1c1ccc(OC)cc1. The Morgan fingerprint density at radius 3 is 2.33 bits per heavy atom. The maximum atomic E-state index is 12.9. The summed E-state index contributed by atoms with van der Waals surface area (Å²) in [6, 6.07) is 13.1. The van der Waals surface area contributed by atoms with Crippen molar-refractivity contribution in [1.29, 1.82) is 0 Å². The van der Waals surface area contributed by atoms with Gasteiger partial charge < -0.3 is 24.2 Å². The van der Waals surface area contributed by atoms with E-state index in [0.717, 1.165) is 0 Å². The molecular weight excluding hydrogens is 386 g/mol. The van der Waals surface area contributed by atoms with Crippen LogP contribution >= 0.6 is 0 Å². The number of ketones is 1. The molecule has 0 saturated carbocycles. The van der Waals surface area contributed by atoms with Crippen molar-refractivity contribution in [3.63, 3.8) is 0 Å². The highest BCUT2D eigenvalue weighted by Crippen LogP contribution is 2.40. The second-order valence-corrected chi connectivity index (χ2v) is 6.84. The Bertz CT molecular complexity index is 950. The molecule has 1 fully saturated rings. The molecule has 0 aliphatic carbocycles. The van der Waals surface area contributed by atoms with Crippen LogP contribution in [0.3, 0.4) is 0 Å². The molecule has 1 aliphatic rings. The van der Waals surface area contributed by atoms with Gasteiger partial charge in [0.05, 0.1) is 25.8 Å². The standard InChI is InChI=1S/C23H25NO6/c1-28-13-5-12-24-20(15-8-10-17(29-2)11-9-15)19(22(26)23(24)27)21(25)16-6-4-7-18(14-16)30-3/h4,6-11,14,20,25H,5,12-13H2,1-3H3/b21-19+. The summed E-state index contributed by atoms with van der Waals surface area (Å²) < 4.78 is 15.5. The van der Waals surface area contributed by atoms with Crippen molar-refractivity contribution in [2.45, 2.75) is 12.5 Å². The molecule has 2 aromatic rings. The maximum absolute atomic E-state index is 12.9. The van der Waals surface area contributed by atoms with Crippen LogP contribution in [0.1, 0.15) is 23.6 Å². The fraction of sp³-hybridized carbons (Fsp3) is 0.304. The van der Waals surface area contributed by atoms with E-state index >= 15 is 0 Å². The highest BCUT2D eigenvalue weighted by molar-refractivity contribution is 6.46. The van der Waals surface area contributed by atoms with Crippen molar-refractivity contribution in [3.05, 3.63) is 65.2 Å². The number of hydrogen-bond acceptors (Lipinski definition) is 6. The topological polar surface area (TPSA) is 85.3 Å². The van der Waals surface area contributed by atoms with E-state index < -0.39 is 17.7 Å². The van der Waals surface area contributed by atoms with E-state index in [1.54, 1.807) is 62.8 Å². The quantitative estimate of drug-likeness (QED) is 0.311. The van der Waals surface area contributed by atoms with E-state index in [1.165, 1.54) is 12.0 Å². The third-order valence-electron chi connectivity index (χ3n) is 5.06. The number of rotatable bonds is 8.